The number of aromatic hydroxyl groups is 1. The topological polar surface area (TPSA) is 86.4 Å². The number of quaternary nitrogens is 1. The standard InChI is InChI=1S/C15H19N5O2S/c21-14-13(11-3-1-2-4-12(11)17-14)18-19-15(23)16-5-6-20-7-9-22-10-8-20/h1-4,17,21H,5-10H2,(H,16,23)/p+1. The molecule has 1 saturated heterocycles. The van der Waals surface area contributed by atoms with Crippen LogP contribution >= 0.6 is 12.2 Å². The monoisotopic (exact) mass is 334 g/mol. The SMILES string of the molecule is Oc1[nH]c2ccccc2c1N=NC(=S)NCC[NH+]1CCOCC1. The molecule has 1 aliphatic rings. The predicted molar refractivity (Wildman–Crippen MR) is 91.5 cm³/mol. The zero-order valence-corrected chi connectivity index (χ0v) is 13.5. The first-order valence-corrected chi connectivity index (χ1v) is 8.05. The fourth-order valence-corrected chi connectivity index (χ4v) is 2.74. The summed E-state index contributed by atoms with van der Waals surface area (Å²) in [5, 5.41) is 22.2. The lowest BCUT2D eigenvalue weighted by molar-refractivity contribution is -0.906. The maximum absolute atomic E-state index is 9.91. The first-order chi connectivity index (χ1) is 11.2. The summed E-state index contributed by atoms with van der Waals surface area (Å²) in [7, 11) is 0. The van der Waals surface area contributed by atoms with Gasteiger partial charge in [0.1, 0.15) is 13.1 Å². The zero-order chi connectivity index (χ0) is 16.1. The lowest BCUT2D eigenvalue weighted by atomic mass is 10.2. The molecule has 1 fully saturated rings. The number of aromatic amines is 1. The van der Waals surface area contributed by atoms with Crippen molar-refractivity contribution >= 4 is 33.9 Å². The molecular formula is C15H20N5O2S+. The second kappa shape index (κ2) is 7.49. The maximum atomic E-state index is 9.91. The number of benzene rings is 1. The molecule has 0 bridgehead atoms. The molecule has 1 aromatic heterocycles. The van der Waals surface area contributed by atoms with Crippen molar-refractivity contribution in [1.29, 1.82) is 0 Å². The van der Waals surface area contributed by atoms with E-state index in [0.29, 0.717) is 10.8 Å². The minimum absolute atomic E-state index is 0.00416. The van der Waals surface area contributed by atoms with Crippen molar-refractivity contribution in [2.24, 2.45) is 10.2 Å². The molecule has 0 amide bonds. The molecule has 0 saturated carbocycles. The summed E-state index contributed by atoms with van der Waals surface area (Å²) >= 11 is 5.16. The Labute approximate surface area is 139 Å². The molecule has 7 nitrogen and oxygen atoms in total. The molecule has 8 heteroatoms. The average Bonchev–Trinajstić information content (AvgIpc) is 2.89. The number of fused-ring (bicyclic) bond motifs is 1. The molecule has 122 valence electrons. The van der Waals surface area contributed by atoms with Crippen LogP contribution in [0.1, 0.15) is 0 Å². The van der Waals surface area contributed by atoms with Crippen LogP contribution in [0, 0.1) is 0 Å². The van der Waals surface area contributed by atoms with Crippen molar-refractivity contribution < 1.29 is 14.7 Å². The molecule has 3 rings (SSSR count). The van der Waals surface area contributed by atoms with E-state index in [0.717, 1.165) is 50.3 Å². The number of hydrogen-bond acceptors (Lipinski definition) is 4. The van der Waals surface area contributed by atoms with E-state index in [9.17, 15) is 5.11 Å². The van der Waals surface area contributed by atoms with Gasteiger partial charge in [-0.1, -0.05) is 18.2 Å². The van der Waals surface area contributed by atoms with Gasteiger partial charge in [-0.15, -0.1) is 10.2 Å². The summed E-state index contributed by atoms with van der Waals surface area (Å²) in [5.74, 6) is -0.00416. The van der Waals surface area contributed by atoms with Gasteiger partial charge in [0.05, 0.1) is 31.8 Å². The fraction of sp³-hybridized carbons (Fsp3) is 0.400. The third kappa shape index (κ3) is 4.04. The number of ether oxygens (including phenoxy) is 1. The number of H-pyrrole nitrogens is 1. The Balaban J connectivity index is 1.54. The van der Waals surface area contributed by atoms with Crippen molar-refractivity contribution in [3.05, 3.63) is 24.3 Å². The highest BCUT2D eigenvalue weighted by atomic mass is 32.1. The van der Waals surface area contributed by atoms with Crippen molar-refractivity contribution in [3.63, 3.8) is 0 Å². The Morgan fingerprint density at radius 1 is 1.35 bits per heavy atom. The smallest absolute Gasteiger partial charge is 0.218 e. The molecule has 0 atom stereocenters. The maximum Gasteiger partial charge on any atom is 0.218 e. The summed E-state index contributed by atoms with van der Waals surface area (Å²) in [4.78, 5) is 4.36. The minimum atomic E-state index is -0.00416. The van der Waals surface area contributed by atoms with E-state index in [1.807, 2.05) is 24.3 Å². The van der Waals surface area contributed by atoms with Crippen LogP contribution in [0.15, 0.2) is 34.5 Å². The van der Waals surface area contributed by atoms with Crippen LogP contribution in [0.3, 0.4) is 0 Å². The fourth-order valence-electron chi connectivity index (χ4n) is 2.60. The number of thiocarbonyl (C=S) groups is 1. The van der Waals surface area contributed by atoms with Crippen molar-refractivity contribution in [2.75, 3.05) is 39.4 Å². The van der Waals surface area contributed by atoms with Crippen LogP contribution in [0.5, 0.6) is 5.88 Å². The molecule has 2 aromatic rings. The van der Waals surface area contributed by atoms with Crippen LogP contribution in [-0.2, 0) is 4.74 Å². The number of nitrogens with zero attached hydrogens (tertiary/aromatic N) is 2. The first-order valence-electron chi connectivity index (χ1n) is 7.64. The van der Waals surface area contributed by atoms with Gasteiger partial charge in [-0.2, -0.15) is 0 Å². The van der Waals surface area contributed by atoms with Crippen LogP contribution < -0.4 is 10.2 Å². The van der Waals surface area contributed by atoms with E-state index >= 15 is 0 Å². The van der Waals surface area contributed by atoms with Gasteiger partial charge in [-0.3, -0.25) is 0 Å². The predicted octanol–water partition coefficient (Wildman–Crippen LogP) is 0.747. The Kier molecular flexibility index (Phi) is 5.16. The number of rotatable bonds is 4. The van der Waals surface area contributed by atoms with Gasteiger partial charge in [-0.05, 0) is 18.3 Å². The number of morpholine rings is 1. The second-order valence-corrected chi connectivity index (χ2v) is 5.80. The van der Waals surface area contributed by atoms with Crippen LogP contribution in [-0.4, -0.2) is 54.6 Å². The van der Waals surface area contributed by atoms with Gasteiger partial charge in [0, 0.05) is 5.39 Å². The Morgan fingerprint density at radius 2 is 2.13 bits per heavy atom. The van der Waals surface area contributed by atoms with Gasteiger partial charge >= 0.3 is 0 Å². The number of aromatic nitrogens is 1. The Bertz CT molecular complexity index is 709. The summed E-state index contributed by atoms with van der Waals surface area (Å²) in [5.41, 5.74) is 1.22. The van der Waals surface area contributed by atoms with Crippen molar-refractivity contribution in [3.8, 4) is 5.88 Å². The molecule has 0 spiro atoms. The minimum Gasteiger partial charge on any atom is -0.493 e. The third-order valence-corrected chi connectivity index (χ3v) is 4.08. The number of nitrogens with one attached hydrogen (secondary N) is 3. The van der Waals surface area contributed by atoms with E-state index in [2.05, 4.69) is 20.5 Å². The van der Waals surface area contributed by atoms with Gasteiger partial charge in [0.25, 0.3) is 0 Å². The molecule has 0 aliphatic carbocycles. The summed E-state index contributed by atoms with van der Waals surface area (Å²) in [6.45, 7) is 5.40. The molecule has 1 aromatic carbocycles. The first kappa shape index (κ1) is 15.9. The largest absolute Gasteiger partial charge is 0.493 e. The molecular weight excluding hydrogens is 314 g/mol. The third-order valence-electron chi connectivity index (χ3n) is 3.86. The summed E-state index contributed by atoms with van der Waals surface area (Å²) in [6, 6.07) is 7.52. The van der Waals surface area contributed by atoms with Gasteiger partial charge in [0.2, 0.25) is 11.0 Å². The highest BCUT2D eigenvalue weighted by Gasteiger charge is 2.13. The molecule has 4 N–H and O–H groups in total. The quantitative estimate of drug-likeness (QED) is 0.491. The zero-order valence-electron chi connectivity index (χ0n) is 12.7. The van der Waals surface area contributed by atoms with Crippen molar-refractivity contribution in [1.82, 2.24) is 10.3 Å². The molecule has 23 heavy (non-hydrogen) atoms. The Morgan fingerprint density at radius 3 is 2.96 bits per heavy atom. The van der Waals surface area contributed by atoms with E-state index in [1.165, 1.54) is 4.90 Å². The second-order valence-electron chi connectivity index (χ2n) is 5.41. The van der Waals surface area contributed by atoms with Gasteiger partial charge in [0.15, 0.2) is 5.69 Å². The van der Waals surface area contributed by atoms with Crippen LogP contribution in [0.25, 0.3) is 10.9 Å². The molecule has 2 heterocycles. The lowest BCUT2D eigenvalue weighted by Crippen LogP contribution is -3.14. The van der Waals surface area contributed by atoms with Crippen LogP contribution in [0.2, 0.25) is 0 Å². The highest BCUT2D eigenvalue weighted by Crippen LogP contribution is 2.34. The van der Waals surface area contributed by atoms with E-state index < -0.39 is 0 Å². The Hall–Kier alpha value is -2.03. The molecule has 0 radical (unpaired) electrons. The summed E-state index contributed by atoms with van der Waals surface area (Å²) < 4.78 is 5.33. The average molecular weight is 334 g/mol. The van der Waals surface area contributed by atoms with E-state index in [4.69, 9.17) is 17.0 Å². The number of hydrogen-bond donors (Lipinski definition) is 4. The summed E-state index contributed by atoms with van der Waals surface area (Å²) in [6.07, 6.45) is 0. The van der Waals surface area contributed by atoms with E-state index in [1.54, 1.807) is 0 Å². The van der Waals surface area contributed by atoms with Crippen LogP contribution in [0.4, 0.5) is 5.69 Å². The normalized spacial score (nSPS) is 16.2. The lowest BCUT2D eigenvalue weighted by Gasteiger charge is -2.23. The molecule has 1 aliphatic heterocycles. The van der Waals surface area contributed by atoms with Gasteiger partial charge in [-0.25, -0.2) is 0 Å². The molecule has 0 unspecified atom stereocenters. The van der Waals surface area contributed by atoms with E-state index in [-0.39, 0.29) is 5.88 Å². The van der Waals surface area contributed by atoms with Gasteiger partial charge < -0.3 is 25.0 Å². The number of azo groups is 1. The van der Waals surface area contributed by atoms with Crippen molar-refractivity contribution in [2.45, 2.75) is 0 Å². The number of para-hydroxylation sites is 1. The highest BCUT2D eigenvalue weighted by molar-refractivity contribution is 7.80.